The van der Waals surface area contributed by atoms with Crippen molar-refractivity contribution in [3.8, 4) is 0 Å². The second kappa shape index (κ2) is 10.7. The zero-order valence-electron chi connectivity index (χ0n) is 15.0. The van der Waals surface area contributed by atoms with E-state index in [4.69, 9.17) is 11.6 Å². The quantitative estimate of drug-likeness (QED) is 0.395. The zero-order valence-corrected chi connectivity index (χ0v) is 18.0. The summed E-state index contributed by atoms with van der Waals surface area (Å²) in [5.41, 5.74) is 1.07. The minimum absolute atomic E-state index is 0. The first-order chi connectivity index (χ1) is 11.5. The Labute approximate surface area is 172 Å². The molecule has 0 bridgehead atoms. The lowest BCUT2D eigenvalue weighted by molar-refractivity contribution is -0.127. The third-order valence-corrected chi connectivity index (χ3v) is 4.40. The Kier molecular flexibility index (Phi) is 9.34. The monoisotopic (exact) mass is 479 g/mol. The molecule has 0 radical (unpaired) electrons. The van der Waals surface area contributed by atoms with E-state index in [2.05, 4.69) is 20.5 Å². The van der Waals surface area contributed by atoms with Crippen molar-refractivity contribution in [3.63, 3.8) is 0 Å². The van der Waals surface area contributed by atoms with Gasteiger partial charge in [0.05, 0.1) is 17.3 Å². The van der Waals surface area contributed by atoms with Crippen molar-refractivity contribution < 1.29 is 4.79 Å². The first-order valence-corrected chi connectivity index (χ1v) is 8.56. The molecule has 1 aliphatic heterocycles. The van der Waals surface area contributed by atoms with Gasteiger partial charge in [0, 0.05) is 40.3 Å². The fourth-order valence-electron chi connectivity index (χ4n) is 2.73. The van der Waals surface area contributed by atoms with E-state index in [9.17, 15) is 4.79 Å². The van der Waals surface area contributed by atoms with Crippen molar-refractivity contribution in [1.82, 2.24) is 15.5 Å². The van der Waals surface area contributed by atoms with Gasteiger partial charge in [0.25, 0.3) is 0 Å². The number of hydrogen-bond acceptors (Lipinski definition) is 3. The van der Waals surface area contributed by atoms with Gasteiger partial charge in [-0.3, -0.25) is 9.79 Å². The van der Waals surface area contributed by atoms with E-state index in [1.54, 1.807) is 26.0 Å². The smallest absolute Gasteiger partial charge is 0.241 e. The molecular weight excluding hydrogens is 453 g/mol. The molecule has 1 aromatic carbocycles. The molecule has 0 aromatic heterocycles. The van der Waals surface area contributed by atoms with E-state index in [1.807, 2.05) is 24.3 Å². The van der Waals surface area contributed by atoms with Gasteiger partial charge in [-0.15, -0.1) is 24.0 Å². The molecule has 1 heterocycles. The molecule has 140 valence electrons. The van der Waals surface area contributed by atoms with Crippen LogP contribution in [-0.4, -0.2) is 63.6 Å². The van der Waals surface area contributed by atoms with Gasteiger partial charge < -0.3 is 20.4 Å². The molecule has 8 heteroatoms. The number of nitrogens with one attached hydrogen (secondary N) is 2. The summed E-state index contributed by atoms with van der Waals surface area (Å²) >= 11 is 6.31. The van der Waals surface area contributed by atoms with Crippen molar-refractivity contribution in [2.75, 3.05) is 45.7 Å². The number of rotatable bonds is 4. The van der Waals surface area contributed by atoms with Crippen LogP contribution in [0.15, 0.2) is 29.3 Å². The molecular formula is C17H27ClIN5O. The first-order valence-electron chi connectivity index (χ1n) is 8.18. The predicted molar refractivity (Wildman–Crippen MR) is 115 cm³/mol. The molecule has 1 fully saturated rings. The second-order valence-corrected chi connectivity index (χ2v) is 6.50. The van der Waals surface area contributed by atoms with E-state index in [1.165, 1.54) is 0 Å². The van der Waals surface area contributed by atoms with Crippen molar-refractivity contribution >= 4 is 53.1 Å². The van der Waals surface area contributed by atoms with E-state index < -0.39 is 0 Å². The third kappa shape index (κ3) is 6.54. The maximum atomic E-state index is 11.7. The molecule has 2 N–H and O–H groups in total. The number of para-hydroxylation sites is 1. The van der Waals surface area contributed by atoms with Crippen LogP contribution in [0.4, 0.5) is 5.69 Å². The van der Waals surface area contributed by atoms with Crippen LogP contribution >= 0.6 is 35.6 Å². The number of anilines is 1. The summed E-state index contributed by atoms with van der Waals surface area (Å²) < 4.78 is 0. The van der Waals surface area contributed by atoms with Gasteiger partial charge in [0.2, 0.25) is 5.91 Å². The predicted octanol–water partition coefficient (Wildman–Crippen LogP) is 2.18. The van der Waals surface area contributed by atoms with Gasteiger partial charge >= 0.3 is 0 Å². The normalized spacial score (nSPS) is 17.5. The number of carbonyl (C=O) groups is 1. The summed E-state index contributed by atoms with van der Waals surface area (Å²) in [4.78, 5) is 19.7. The Morgan fingerprint density at radius 1 is 1.40 bits per heavy atom. The number of nitrogens with zero attached hydrogens (tertiary/aromatic N) is 3. The summed E-state index contributed by atoms with van der Waals surface area (Å²) in [6.07, 6.45) is 2.14. The Hall–Kier alpha value is -1.22. The lowest BCUT2D eigenvalue weighted by Gasteiger charge is -2.35. The average Bonchev–Trinajstić information content (AvgIpc) is 2.58. The number of aliphatic imine (C=N–C) groups is 1. The minimum atomic E-state index is 0. The van der Waals surface area contributed by atoms with Crippen molar-refractivity contribution in [2.24, 2.45) is 4.99 Å². The third-order valence-electron chi connectivity index (χ3n) is 4.08. The first kappa shape index (κ1) is 21.8. The van der Waals surface area contributed by atoms with Gasteiger partial charge in [-0.05, 0) is 25.0 Å². The lowest BCUT2D eigenvalue weighted by Crippen LogP contribution is -2.52. The summed E-state index contributed by atoms with van der Waals surface area (Å²) in [5.74, 6) is 0.662. The number of amides is 1. The molecule has 2 rings (SSSR count). The van der Waals surface area contributed by atoms with E-state index in [0.717, 1.165) is 36.6 Å². The fourth-order valence-corrected chi connectivity index (χ4v) is 2.98. The Morgan fingerprint density at radius 3 is 2.76 bits per heavy atom. The topological polar surface area (TPSA) is 60.0 Å². The van der Waals surface area contributed by atoms with Crippen LogP contribution in [0.3, 0.4) is 0 Å². The Morgan fingerprint density at radius 2 is 2.12 bits per heavy atom. The largest absolute Gasteiger partial charge is 0.368 e. The SMILES string of the molecule is CN=C(NCC(=O)N(C)C)NC1CCCN(c2ccccc2Cl)C1.I. The van der Waals surface area contributed by atoms with Crippen LogP contribution in [-0.2, 0) is 4.79 Å². The van der Waals surface area contributed by atoms with Crippen molar-refractivity contribution in [2.45, 2.75) is 18.9 Å². The number of piperidine rings is 1. The standard InChI is InChI=1S/C17H26ClN5O.HI/c1-19-17(20-11-16(24)22(2)3)21-13-7-6-10-23(12-13)15-9-5-4-8-14(15)18;/h4-5,8-9,13H,6-7,10-12H2,1-3H3,(H2,19,20,21);1H. The molecule has 1 amide bonds. The molecule has 1 atom stereocenters. The molecule has 0 aliphatic carbocycles. The number of likely N-dealkylation sites (N-methyl/N-ethyl adjacent to an activating group) is 1. The van der Waals surface area contributed by atoms with E-state index in [0.29, 0.717) is 5.96 Å². The van der Waals surface area contributed by atoms with E-state index >= 15 is 0 Å². The maximum absolute atomic E-state index is 11.7. The number of hydrogen-bond donors (Lipinski definition) is 2. The van der Waals surface area contributed by atoms with Gasteiger partial charge in [-0.1, -0.05) is 23.7 Å². The number of benzene rings is 1. The van der Waals surface area contributed by atoms with Crippen LogP contribution in [0.25, 0.3) is 0 Å². The lowest BCUT2D eigenvalue weighted by atomic mass is 10.0. The molecule has 0 saturated carbocycles. The molecule has 1 aromatic rings. The number of guanidine groups is 1. The minimum Gasteiger partial charge on any atom is -0.368 e. The highest BCUT2D eigenvalue weighted by atomic mass is 127. The van der Waals surface area contributed by atoms with Crippen molar-refractivity contribution in [1.29, 1.82) is 0 Å². The highest BCUT2D eigenvalue weighted by Crippen LogP contribution is 2.27. The molecule has 1 saturated heterocycles. The number of halogens is 2. The van der Waals surface area contributed by atoms with Crippen LogP contribution in [0, 0.1) is 0 Å². The highest BCUT2D eigenvalue weighted by molar-refractivity contribution is 14.0. The van der Waals surface area contributed by atoms with Crippen LogP contribution < -0.4 is 15.5 Å². The fraction of sp³-hybridized carbons (Fsp3) is 0.529. The Bertz CT molecular complexity index is 596. The summed E-state index contributed by atoms with van der Waals surface area (Å²) in [6.45, 7) is 2.08. The molecule has 1 unspecified atom stereocenters. The van der Waals surface area contributed by atoms with Crippen LogP contribution in [0.1, 0.15) is 12.8 Å². The second-order valence-electron chi connectivity index (χ2n) is 6.09. The average molecular weight is 480 g/mol. The van der Waals surface area contributed by atoms with Crippen LogP contribution in [0.2, 0.25) is 5.02 Å². The number of carbonyl (C=O) groups excluding carboxylic acids is 1. The van der Waals surface area contributed by atoms with E-state index in [-0.39, 0.29) is 42.5 Å². The Balaban J connectivity index is 0.00000312. The molecule has 0 spiro atoms. The highest BCUT2D eigenvalue weighted by Gasteiger charge is 2.22. The summed E-state index contributed by atoms with van der Waals surface area (Å²) in [6, 6.07) is 8.18. The van der Waals surface area contributed by atoms with Gasteiger partial charge in [-0.25, -0.2) is 0 Å². The van der Waals surface area contributed by atoms with Gasteiger partial charge in [0.1, 0.15) is 0 Å². The van der Waals surface area contributed by atoms with Gasteiger partial charge in [0.15, 0.2) is 5.96 Å². The molecule has 25 heavy (non-hydrogen) atoms. The summed E-state index contributed by atoms with van der Waals surface area (Å²) in [7, 11) is 5.19. The zero-order chi connectivity index (χ0) is 17.5. The molecule has 6 nitrogen and oxygen atoms in total. The summed E-state index contributed by atoms with van der Waals surface area (Å²) in [5, 5.41) is 7.24. The molecule has 1 aliphatic rings. The van der Waals surface area contributed by atoms with Crippen molar-refractivity contribution in [3.05, 3.63) is 29.3 Å². The van der Waals surface area contributed by atoms with Gasteiger partial charge in [-0.2, -0.15) is 0 Å². The van der Waals surface area contributed by atoms with Crippen LogP contribution in [0.5, 0.6) is 0 Å². The maximum Gasteiger partial charge on any atom is 0.241 e.